The second-order valence-corrected chi connectivity index (χ2v) is 5.13. The number of hydrogen-bond donors (Lipinski definition) is 0. The van der Waals surface area contributed by atoms with Gasteiger partial charge in [-0.15, -0.1) is 0 Å². The van der Waals surface area contributed by atoms with Crippen molar-refractivity contribution in [3.05, 3.63) is 46.8 Å². The predicted molar refractivity (Wildman–Crippen MR) is 78.6 cm³/mol. The van der Waals surface area contributed by atoms with Crippen molar-refractivity contribution in [2.24, 2.45) is 7.05 Å². The molecule has 0 spiro atoms. The Morgan fingerprint density at radius 3 is 2.90 bits per heavy atom. The van der Waals surface area contributed by atoms with E-state index in [-0.39, 0.29) is 12.2 Å². The van der Waals surface area contributed by atoms with Gasteiger partial charge < -0.3 is 0 Å². The van der Waals surface area contributed by atoms with Crippen LogP contribution in [0.4, 0.5) is 0 Å². The monoisotopic (exact) mass is 303 g/mol. The van der Waals surface area contributed by atoms with E-state index in [1.54, 1.807) is 41.0 Å². The molecule has 3 aromatic rings. The summed E-state index contributed by atoms with van der Waals surface area (Å²) in [6.45, 7) is 1.98. The van der Waals surface area contributed by atoms with Crippen LogP contribution >= 0.6 is 11.6 Å². The maximum absolute atomic E-state index is 12.5. The molecule has 6 nitrogen and oxygen atoms in total. The van der Waals surface area contributed by atoms with E-state index in [1.807, 2.05) is 6.92 Å². The highest BCUT2D eigenvalue weighted by atomic mass is 35.5. The third-order valence-corrected chi connectivity index (χ3v) is 3.89. The Morgan fingerprint density at radius 2 is 2.19 bits per heavy atom. The molecule has 3 aromatic heterocycles. The second kappa shape index (κ2) is 5.29. The number of fused-ring (bicyclic) bond motifs is 1. The zero-order chi connectivity index (χ0) is 15.0. The Bertz CT molecular complexity index is 820. The Balaban J connectivity index is 1.95. The Labute approximate surface area is 126 Å². The Hall–Kier alpha value is -2.21. The third-order valence-electron chi connectivity index (χ3n) is 3.46. The average Bonchev–Trinajstić information content (AvgIpc) is 3.03. The molecule has 0 fully saturated rings. The molecule has 3 heterocycles. The molecular formula is C14H14ClN5O. The SMILES string of the molecule is CCc1nn(C)c(CC(=O)c2cnn3ccncc23)c1Cl. The van der Waals surface area contributed by atoms with E-state index in [9.17, 15) is 4.79 Å². The van der Waals surface area contributed by atoms with E-state index in [1.165, 1.54) is 0 Å². The number of halogens is 1. The van der Waals surface area contributed by atoms with Crippen molar-refractivity contribution >= 4 is 22.9 Å². The highest BCUT2D eigenvalue weighted by molar-refractivity contribution is 6.32. The quantitative estimate of drug-likeness (QED) is 0.692. The molecule has 0 aliphatic rings. The average molecular weight is 304 g/mol. The van der Waals surface area contributed by atoms with Gasteiger partial charge in [-0.3, -0.25) is 14.5 Å². The van der Waals surface area contributed by atoms with Crippen LogP contribution in [0, 0.1) is 0 Å². The van der Waals surface area contributed by atoms with Gasteiger partial charge >= 0.3 is 0 Å². The number of hydrogen-bond acceptors (Lipinski definition) is 4. The molecular weight excluding hydrogens is 290 g/mol. The molecule has 0 aromatic carbocycles. The van der Waals surface area contributed by atoms with E-state index in [0.29, 0.717) is 16.1 Å². The second-order valence-electron chi connectivity index (χ2n) is 4.75. The summed E-state index contributed by atoms with van der Waals surface area (Å²) in [5.74, 6) is -0.0504. The molecule has 0 bridgehead atoms. The van der Waals surface area contributed by atoms with Gasteiger partial charge in [0.25, 0.3) is 0 Å². The fraction of sp³-hybridized carbons (Fsp3) is 0.286. The van der Waals surface area contributed by atoms with Crippen molar-refractivity contribution in [2.45, 2.75) is 19.8 Å². The highest BCUT2D eigenvalue weighted by Gasteiger charge is 2.19. The van der Waals surface area contributed by atoms with E-state index >= 15 is 0 Å². The first-order valence-corrected chi connectivity index (χ1v) is 7.00. The van der Waals surface area contributed by atoms with Crippen LogP contribution in [0.3, 0.4) is 0 Å². The number of Topliss-reactive ketones (excluding diaryl/α,β-unsaturated/α-hetero) is 1. The standard InChI is InChI=1S/C14H14ClN5O/c1-3-10-14(15)11(19(2)18-10)6-13(21)9-7-17-20-5-4-16-8-12(9)20/h4-5,7-8H,3,6H2,1-2H3. The van der Waals surface area contributed by atoms with Crippen molar-refractivity contribution in [1.82, 2.24) is 24.4 Å². The van der Waals surface area contributed by atoms with Gasteiger partial charge in [0.05, 0.1) is 46.3 Å². The fourth-order valence-electron chi connectivity index (χ4n) is 2.31. The summed E-state index contributed by atoms with van der Waals surface area (Å²) in [6, 6.07) is 0. The maximum Gasteiger partial charge on any atom is 0.172 e. The van der Waals surface area contributed by atoms with Crippen LogP contribution in [-0.2, 0) is 19.9 Å². The summed E-state index contributed by atoms with van der Waals surface area (Å²) in [5.41, 5.74) is 2.76. The minimum absolute atomic E-state index is 0.0504. The Kier molecular flexibility index (Phi) is 3.47. The number of rotatable bonds is 4. The number of carbonyl (C=O) groups is 1. The van der Waals surface area contributed by atoms with Crippen LogP contribution in [0.2, 0.25) is 5.02 Å². The summed E-state index contributed by atoms with van der Waals surface area (Å²) >= 11 is 6.28. The van der Waals surface area contributed by atoms with E-state index in [4.69, 9.17) is 11.6 Å². The molecule has 0 unspecified atom stereocenters. The number of aryl methyl sites for hydroxylation is 2. The first kappa shape index (κ1) is 13.8. The third kappa shape index (κ3) is 2.31. The maximum atomic E-state index is 12.5. The number of carbonyl (C=O) groups excluding carboxylic acids is 1. The molecule has 0 aliphatic carbocycles. The van der Waals surface area contributed by atoms with E-state index in [0.717, 1.165) is 17.8 Å². The van der Waals surface area contributed by atoms with Gasteiger partial charge in [-0.1, -0.05) is 18.5 Å². The van der Waals surface area contributed by atoms with Crippen LogP contribution in [0.1, 0.15) is 28.7 Å². The minimum atomic E-state index is -0.0504. The molecule has 7 heteroatoms. The lowest BCUT2D eigenvalue weighted by molar-refractivity contribution is 0.0992. The molecule has 0 radical (unpaired) electrons. The van der Waals surface area contributed by atoms with Gasteiger partial charge in [0.15, 0.2) is 5.78 Å². The van der Waals surface area contributed by atoms with Gasteiger partial charge in [-0.05, 0) is 6.42 Å². The zero-order valence-electron chi connectivity index (χ0n) is 11.7. The molecule has 3 rings (SSSR count). The molecule has 0 saturated heterocycles. The normalized spacial score (nSPS) is 11.2. The molecule has 0 N–H and O–H groups in total. The van der Waals surface area contributed by atoms with Crippen molar-refractivity contribution in [2.75, 3.05) is 0 Å². The van der Waals surface area contributed by atoms with Gasteiger partial charge in [0, 0.05) is 19.4 Å². The molecule has 0 saturated carbocycles. The molecule has 0 atom stereocenters. The van der Waals surface area contributed by atoms with Crippen molar-refractivity contribution in [1.29, 1.82) is 0 Å². The fourth-order valence-corrected chi connectivity index (χ4v) is 2.67. The summed E-state index contributed by atoms with van der Waals surface area (Å²) in [7, 11) is 1.80. The summed E-state index contributed by atoms with van der Waals surface area (Å²) in [5, 5.41) is 9.04. The minimum Gasteiger partial charge on any atom is -0.294 e. The largest absolute Gasteiger partial charge is 0.294 e. The lowest BCUT2D eigenvalue weighted by Gasteiger charge is -2.01. The smallest absolute Gasteiger partial charge is 0.172 e. The van der Waals surface area contributed by atoms with Crippen LogP contribution in [0.15, 0.2) is 24.8 Å². The van der Waals surface area contributed by atoms with E-state index < -0.39 is 0 Å². The highest BCUT2D eigenvalue weighted by Crippen LogP contribution is 2.23. The number of nitrogens with zero attached hydrogens (tertiary/aromatic N) is 5. The van der Waals surface area contributed by atoms with Crippen LogP contribution < -0.4 is 0 Å². The first-order chi connectivity index (χ1) is 10.1. The lowest BCUT2D eigenvalue weighted by Crippen LogP contribution is -2.08. The van der Waals surface area contributed by atoms with Crippen molar-refractivity contribution in [3.63, 3.8) is 0 Å². The predicted octanol–water partition coefficient (Wildman–Crippen LogP) is 2.10. The van der Waals surface area contributed by atoms with Crippen LogP contribution in [0.5, 0.6) is 0 Å². The zero-order valence-corrected chi connectivity index (χ0v) is 12.5. The molecule has 0 amide bonds. The summed E-state index contributed by atoms with van der Waals surface area (Å²) in [6.07, 6.45) is 7.45. The lowest BCUT2D eigenvalue weighted by atomic mass is 10.1. The number of ketones is 1. The van der Waals surface area contributed by atoms with Gasteiger partial charge in [-0.2, -0.15) is 10.2 Å². The molecule has 0 aliphatic heterocycles. The Morgan fingerprint density at radius 1 is 1.38 bits per heavy atom. The first-order valence-electron chi connectivity index (χ1n) is 6.62. The van der Waals surface area contributed by atoms with Gasteiger partial charge in [0.2, 0.25) is 0 Å². The number of aromatic nitrogens is 5. The molecule has 21 heavy (non-hydrogen) atoms. The van der Waals surface area contributed by atoms with Gasteiger partial charge in [-0.25, -0.2) is 4.52 Å². The van der Waals surface area contributed by atoms with Crippen LogP contribution in [0.25, 0.3) is 5.52 Å². The summed E-state index contributed by atoms with van der Waals surface area (Å²) < 4.78 is 3.30. The van der Waals surface area contributed by atoms with E-state index in [2.05, 4.69) is 15.2 Å². The van der Waals surface area contributed by atoms with Crippen molar-refractivity contribution < 1.29 is 4.79 Å². The molecule has 108 valence electrons. The van der Waals surface area contributed by atoms with Gasteiger partial charge in [0.1, 0.15) is 0 Å². The summed E-state index contributed by atoms with van der Waals surface area (Å²) in [4.78, 5) is 16.5. The van der Waals surface area contributed by atoms with Crippen LogP contribution in [-0.4, -0.2) is 30.2 Å². The topological polar surface area (TPSA) is 65.1 Å². The van der Waals surface area contributed by atoms with Crippen molar-refractivity contribution in [3.8, 4) is 0 Å².